The Morgan fingerprint density at radius 2 is 2.12 bits per heavy atom. The molecule has 1 atom stereocenters. The monoisotopic (exact) mass is 224 g/mol. The number of anilines is 3. The number of nitrogens with two attached hydrogens (primary N) is 2. The van der Waals surface area contributed by atoms with E-state index in [2.05, 4.69) is 10.3 Å². The van der Waals surface area contributed by atoms with Crippen molar-refractivity contribution in [2.45, 2.75) is 32.3 Å². The van der Waals surface area contributed by atoms with Crippen molar-refractivity contribution in [2.24, 2.45) is 0 Å². The largest absolute Gasteiger partial charge is 0.396 e. The van der Waals surface area contributed by atoms with Gasteiger partial charge in [0.25, 0.3) is 0 Å². The molecule has 16 heavy (non-hydrogen) atoms. The standard InChI is InChI=1S/C11H20N4O/c1-3-6-11(2,16)7-14-9-5-4-8(12)10(13)15-9/h4-5,16H,3,6-7,12H2,1-2H3,(H3,13,14,15). The molecule has 5 nitrogen and oxygen atoms in total. The molecule has 1 rings (SSSR count). The van der Waals surface area contributed by atoms with Gasteiger partial charge in [-0.05, 0) is 25.5 Å². The van der Waals surface area contributed by atoms with E-state index in [1.54, 1.807) is 19.1 Å². The Labute approximate surface area is 95.9 Å². The zero-order valence-corrected chi connectivity index (χ0v) is 9.83. The van der Waals surface area contributed by atoms with Crippen molar-refractivity contribution in [1.29, 1.82) is 0 Å². The van der Waals surface area contributed by atoms with Gasteiger partial charge in [0.05, 0.1) is 11.3 Å². The molecule has 0 aromatic carbocycles. The van der Waals surface area contributed by atoms with Crippen molar-refractivity contribution in [1.82, 2.24) is 4.98 Å². The molecule has 0 spiro atoms. The summed E-state index contributed by atoms with van der Waals surface area (Å²) in [7, 11) is 0. The number of aromatic nitrogens is 1. The molecule has 0 bridgehead atoms. The molecule has 1 heterocycles. The average molecular weight is 224 g/mol. The van der Waals surface area contributed by atoms with Gasteiger partial charge in [0.2, 0.25) is 0 Å². The Balaban J connectivity index is 2.57. The summed E-state index contributed by atoms with van der Waals surface area (Å²) >= 11 is 0. The maximum absolute atomic E-state index is 9.95. The van der Waals surface area contributed by atoms with Gasteiger partial charge < -0.3 is 21.9 Å². The summed E-state index contributed by atoms with van der Waals surface area (Å²) in [6.45, 7) is 4.27. The van der Waals surface area contributed by atoms with Gasteiger partial charge in [0.1, 0.15) is 11.6 Å². The van der Waals surface area contributed by atoms with Crippen molar-refractivity contribution in [3.63, 3.8) is 0 Å². The normalized spacial score (nSPS) is 14.4. The van der Waals surface area contributed by atoms with E-state index in [4.69, 9.17) is 11.5 Å². The highest BCUT2D eigenvalue weighted by Gasteiger charge is 2.18. The summed E-state index contributed by atoms with van der Waals surface area (Å²) in [4.78, 5) is 4.07. The zero-order chi connectivity index (χ0) is 12.2. The second-order valence-electron chi connectivity index (χ2n) is 4.27. The van der Waals surface area contributed by atoms with Crippen molar-refractivity contribution in [3.05, 3.63) is 12.1 Å². The summed E-state index contributed by atoms with van der Waals surface area (Å²) in [5.41, 5.74) is 10.9. The number of pyridine rings is 1. The summed E-state index contributed by atoms with van der Waals surface area (Å²) in [6, 6.07) is 3.44. The molecule has 0 aliphatic heterocycles. The third-order valence-electron chi connectivity index (χ3n) is 2.40. The first-order valence-corrected chi connectivity index (χ1v) is 5.43. The highest BCUT2D eigenvalue weighted by molar-refractivity contribution is 5.61. The molecule has 1 aromatic heterocycles. The Morgan fingerprint density at radius 1 is 1.44 bits per heavy atom. The average Bonchev–Trinajstić information content (AvgIpc) is 2.20. The Hall–Kier alpha value is -1.49. The fraction of sp³-hybridized carbons (Fsp3) is 0.545. The van der Waals surface area contributed by atoms with Gasteiger partial charge in [-0.3, -0.25) is 0 Å². The topological polar surface area (TPSA) is 97.2 Å². The van der Waals surface area contributed by atoms with Crippen LogP contribution in [-0.4, -0.2) is 22.2 Å². The molecule has 0 fully saturated rings. The van der Waals surface area contributed by atoms with Crippen LogP contribution in [0.15, 0.2) is 12.1 Å². The van der Waals surface area contributed by atoms with E-state index in [1.165, 1.54) is 0 Å². The Bertz CT molecular complexity index is 352. The molecular weight excluding hydrogens is 204 g/mol. The van der Waals surface area contributed by atoms with Crippen LogP contribution in [0.5, 0.6) is 0 Å². The fourth-order valence-corrected chi connectivity index (χ4v) is 1.49. The molecule has 0 saturated heterocycles. The quantitative estimate of drug-likeness (QED) is 0.602. The van der Waals surface area contributed by atoms with E-state index in [-0.39, 0.29) is 0 Å². The van der Waals surface area contributed by atoms with Crippen molar-refractivity contribution < 1.29 is 5.11 Å². The Morgan fingerprint density at radius 3 is 2.69 bits per heavy atom. The van der Waals surface area contributed by atoms with Crippen LogP contribution in [0.3, 0.4) is 0 Å². The highest BCUT2D eigenvalue weighted by Crippen LogP contribution is 2.17. The van der Waals surface area contributed by atoms with Crippen LogP contribution in [0.2, 0.25) is 0 Å². The van der Waals surface area contributed by atoms with Crippen LogP contribution in [0, 0.1) is 0 Å². The number of nitrogens with zero attached hydrogens (tertiary/aromatic N) is 1. The first-order valence-electron chi connectivity index (χ1n) is 5.43. The highest BCUT2D eigenvalue weighted by atomic mass is 16.3. The number of nitrogen functional groups attached to an aromatic ring is 2. The van der Waals surface area contributed by atoms with Gasteiger partial charge in [-0.2, -0.15) is 0 Å². The lowest BCUT2D eigenvalue weighted by Crippen LogP contribution is -2.33. The number of hydrogen-bond acceptors (Lipinski definition) is 5. The van der Waals surface area contributed by atoms with E-state index in [9.17, 15) is 5.11 Å². The van der Waals surface area contributed by atoms with Crippen molar-refractivity contribution >= 4 is 17.3 Å². The minimum Gasteiger partial charge on any atom is -0.396 e. The lowest BCUT2D eigenvalue weighted by atomic mass is 10.0. The molecule has 0 radical (unpaired) electrons. The summed E-state index contributed by atoms with van der Waals surface area (Å²) in [5.74, 6) is 0.934. The van der Waals surface area contributed by atoms with Gasteiger partial charge in [0, 0.05) is 6.54 Å². The lowest BCUT2D eigenvalue weighted by molar-refractivity contribution is 0.0636. The molecule has 90 valence electrons. The summed E-state index contributed by atoms with van der Waals surface area (Å²) in [6.07, 6.45) is 1.68. The fourth-order valence-electron chi connectivity index (χ4n) is 1.49. The number of aliphatic hydroxyl groups is 1. The zero-order valence-electron chi connectivity index (χ0n) is 9.83. The van der Waals surface area contributed by atoms with Crippen LogP contribution in [0.25, 0.3) is 0 Å². The molecule has 0 aliphatic rings. The first-order chi connectivity index (χ1) is 7.44. The molecule has 5 heteroatoms. The third kappa shape index (κ3) is 3.58. The van der Waals surface area contributed by atoms with Crippen molar-refractivity contribution in [3.8, 4) is 0 Å². The summed E-state index contributed by atoms with van der Waals surface area (Å²) < 4.78 is 0. The molecular formula is C11H20N4O. The van der Waals surface area contributed by atoms with Gasteiger partial charge in [-0.25, -0.2) is 4.98 Å². The number of rotatable bonds is 5. The van der Waals surface area contributed by atoms with Crippen molar-refractivity contribution in [2.75, 3.05) is 23.3 Å². The van der Waals surface area contributed by atoms with E-state index in [0.717, 1.165) is 12.8 Å². The molecule has 0 aliphatic carbocycles. The number of hydrogen-bond donors (Lipinski definition) is 4. The van der Waals surface area contributed by atoms with Gasteiger partial charge in [-0.15, -0.1) is 0 Å². The first kappa shape index (κ1) is 12.6. The SMILES string of the molecule is CCCC(C)(O)CNc1ccc(N)c(N)n1. The molecule has 1 aromatic rings. The van der Waals surface area contributed by atoms with Gasteiger partial charge >= 0.3 is 0 Å². The van der Waals surface area contributed by atoms with E-state index in [1.807, 2.05) is 6.92 Å². The predicted octanol–water partition coefficient (Wildman–Crippen LogP) is 1.21. The second kappa shape index (κ2) is 5.03. The molecule has 1 unspecified atom stereocenters. The van der Waals surface area contributed by atoms with Gasteiger partial charge in [0.15, 0.2) is 0 Å². The minimum atomic E-state index is -0.730. The summed E-state index contributed by atoms with van der Waals surface area (Å²) in [5, 5.41) is 13.0. The maximum Gasteiger partial charge on any atom is 0.149 e. The minimum absolute atomic E-state index is 0.306. The molecule has 6 N–H and O–H groups in total. The second-order valence-corrected chi connectivity index (χ2v) is 4.27. The Kier molecular flexibility index (Phi) is 3.95. The third-order valence-corrected chi connectivity index (χ3v) is 2.40. The van der Waals surface area contributed by atoms with Crippen LogP contribution in [0.1, 0.15) is 26.7 Å². The maximum atomic E-state index is 9.95. The van der Waals surface area contributed by atoms with Gasteiger partial charge in [-0.1, -0.05) is 13.3 Å². The van der Waals surface area contributed by atoms with E-state index < -0.39 is 5.60 Å². The van der Waals surface area contributed by atoms with E-state index in [0.29, 0.717) is 23.9 Å². The van der Waals surface area contributed by atoms with E-state index >= 15 is 0 Å². The predicted molar refractivity (Wildman–Crippen MR) is 67.1 cm³/mol. The van der Waals surface area contributed by atoms with Crippen LogP contribution < -0.4 is 16.8 Å². The van der Waals surface area contributed by atoms with Crippen LogP contribution >= 0.6 is 0 Å². The number of nitrogens with one attached hydrogen (secondary N) is 1. The van der Waals surface area contributed by atoms with Crippen LogP contribution in [-0.2, 0) is 0 Å². The lowest BCUT2D eigenvalue weighted by Gasteiger charge is -2.23. The molecule has 0 saturated carbocycles. The smallest absolute Gasteiger partial charge is 0.149 e. The van der Waals surface area contributed by atoms with Crippen LogP contribution in [0.4, 0.5) is 17.3 Å². The molecule has 0 amide bonds.